The average Bonchev–Trinajstić information content (AvgIpc) is 2.98. The Kier molecular flexibility index (Phi) is 3.97. The Hall–Kier alpha value is -2.56. The average molecular weight is 260 g/mol. The van der Waals surface area contributed by atoms with Gasteiger partial charge in [0.25, 0.3) is 0 Å². The summed E-state index contributed by atoms with van der Waals surface area (Å²) in [5.41, 5.74) is 1.11. The van der Waals surface area contributed by atoms with Crippen LogP contribution in [0.1, 0.15) is 26.5 Å². The Morgan fingerprint density at radius 1 is 1.16 bits per heavy atom. The molecule has 0 N–H and O–H groups in total. The molecule has 0 aliphatic carbocycles. The predicted molar refractivity (Wildman–Crippen MR) is 65.6 cm³/mol. The van der Waals surface area contributed by atoms with Crippen LogP contribution in [0.4, 0.5) is 0 Å². The largest absolute Gasteiger partial charge is 0.465 e. The molecule has 0 saturated heterocycles. The second-order valence-corrected chi connectivity index (χ2v) is 3.75. The molecule has 0 saturated carbocycles. The number of ether oxygens (including phenoxy) is 2. The van der Waals surface area contributed by atoms with E-state index in [1.807, 2.05) is 0 Å². The summed E-state index contributed by atoms with van der Waals surface area (Å²) in [5.74, 6) is -0.836. The van der Waals surface area contributed by atoms with Crippen LogP contribution in [0.25, 0.3) is 0 Å². The van der Waals surface area contributed by atoms with Gasteiger partial charge in [-0.3, -0.25) is 0 Å². The molecule has 0 unspecified atom stereocenters. The van der Waals surface area contributed by atoms with Gasteiger partial charge < -0.3 is 13.9 Å². The first kappa shape index (κ1) is 12.9. The molecule has 5 heteroatoms. The SMILES string of the molecule is COC(=O)c1cccc(COC(=O)c2ccco2)c1. The van der Waals surface area contributed by atoms with E-state index in [1.54, 1.807) is 30.3 Å². The molecule has 0 amide bonds. The Labute approximate surface area is 109 Å². The lowest BCUT2D eigenvalue weighted by molar-refractivity contribution is 0.0436. The van der Waals surface area contributed by atoms with Crippen LogP contribution >= 0.6 is 0 Å². The number of carbonyl (C=O) groups excluding carboxylic acids is 2. The van der Waals surface area contributed by atoms with Crippen molar-refractivity contribution in [1.29, 1.82) is 0 Å². The van der Waals surface area contributed by atoms with Gasteiger partial charge in [0.2, 0.25) is 5.76 Å². The first-order chi connectivity index (χ1) is 9.20. The van der Waals surface area contributed by atoms with Crippen LogP contribution < -0.4 is 0 Å². The Morgan fingerprint density at radius 3 is 2.68 bits per heavy atom. The maximum absolute atomic E-state index is 11.5. The van der Waals surface area contributed by atoms with Gasteiger partial charge in [0.1, 0.15) is 6.61 Å². The fourth-order valence-corrected chi connectivity index (χ4v) is 1.52. The third-order valence-corrected chi connectivity index (χ3v) is 2.44. The maximum Gasteiger partial charge on any atom is 0.374 e. The minimum absolute atomic E-state index is 0.0599. The van der Waals surface area contributed by atoms with E-state index in [2.05, 4.69) is 4.74 Å². The van der Waals surface area contributed by atoms with Gasteiger partial charge >= 0.3 is 11.9 Å². The van der Waals surface area contributed by atoms with Crippen molar-refractivity contribution < 1.29 is 23.5 Å². The molecule has 0 bridgehead atoms. The molecule has 98 valence electrons. The minimum Gasteiger partial charge on any atom is -0.465 e. The van der Waals surface area contributed by atoms with Gasteiger partial charge in [0, 0.05) is 0 Å². The van der Waals surface area contributed by atoms with Gasteiger partial charge in [-0.1, -0.05) is 12.1 Å². The van der Waals surface area contributed by atoms with Crippen LogP contribution in [0.15, 0.2) is 47.1 Å². The zero-order valence-corrected chi connectivity index (χ0v) is 10.3. The normalized spacial score (nSPS) is 9.95. The van der Waals surface area contributed by atoms with Crippen molar-refractivity contribution in [2.24, 2.45) is 0 Å². The number of benzene rings is 1. The standard InChI is InChI=1S/C14H12O5/c1-17-13(15)11-5-2-4-10(8-11)9-19-14(16)12-6-3-7-18-12/h2-8H,9H2,1H3. The monoisotopic (exact) mass is 260 g/mol. The van der Waals surface area contributed by atoms with E-state index >= 15 is 0 Å². The third kappa shape index (κ3) is 3.22. The van der Waals surface area contributed by atoms with E-state index in [0.29, 0.717) is 11.1 Å². The molecule has 19 heavy (non-hydrogen) atoms. The molecule has 0 radical (unpaired) electrons. The number of hydrogen-bond donors (Lipinski definition) is 0. The summed E-state index contributed by atoms with van der Waals surface area (Å²) >= 11 is 0. The summed E-state index contributed by atoms with van der Waals surface area (Å²) in [6.07, 6.45) is 1.40. The Morgan fingerprint density at radius 2 is 2.00 bits per heavy atom. The van der Waals surface area contributed by atoms with Crippen LogP contribution in [0.3, 0.4) is 0 Å². The van der Waals surface area contributed by atoms with E-state index in [9.17, 15) is 9.59 Å². The molecule has 0 aliphatic rings. The van der Waals surface area contributed by atoms with Gasteiger partial charge in [-0.2, -0.15) is 0 Å². The van der Waals surface area contributed by atoms with Crippen LogP contribution in [-0.2, 0) is 16.1 Å². The van der Waals surface area contributed by atoms with Gasteiger partial charge in [0.15, 0.2) is 0 Å². The highest BCUT2D eigenvalue weighted by Crippen LogP contribution is 2.10. The highest BCUT2D eigenvalue weighted by Gasteiger charge is 2.11. The summed E-state index contributed by atoms with van der Waals surface area (Å²) in [6.45, 7) is 0.0599. The molecule has 5 nitrogen and oxygen atoms in total. The quantitative estimate of drug-likeness (QED) is 0.790. The fourth-order valence-electron chi connectivity index (χ4n) is 1.52. The fraction of sp³-hybridized carbons (Fsp3) is 0.143. The number of methoxy groups -OCH3 is 1. The van der Waals surface area contributed by atoms with E-state index in [4.69, 9.17) is 9.15 Å². The van der Waals surface area contributed by atoms with Gasteiger partial charge in [-0.15, -0.1) is 0 Å². The van der Waals surface area contributed by atoms with Crippen molar-refractivity contribution in [3.05, 3.63) is 59.5 Å². The molecule has 1 aromatic heterocycles. The van der Waals surface area contributed by atoms with Crippen molar-refractivity contribution in [2.45, 2.75) is 6.61 Å². The third-order valence-electron chi connectivity index (χ3n) is 2.44. The Bertz CT molecular complexity index is 571. The predicted octanol–water partition coefficient (Wildman–Crippen LogP) is 2.42. The first-order valence-electron chi connectivity index (χ1n) is 5.58. The van der Waals surface area contributed by atoms with E-state index in [0.717, 1.165) is 0 Å². The van der Waals surface area contributed by atoms with Crippen molar-refractivity contribution in [1.82, 2.24) is 0 Å². The van der Waals surface area contributed by atoms with E-state index < -0.39 is 11.9 Å². The van der Waals surface area contributed by atoms with Crippen LogP contribution in [-0.4, -0.2) is 19.0 Å². The zero-order chi connectivity index (χ0) is 13.7. The lowest BCUT2D eigenvalue weighted by atomic mass is 10.1. The number of rotatable bonds is 4. The lowest BCUT2D eigenvalue weighted by Crippen LogP contribution is -2.05. The topological polar surface area (TPSA) is 65.7 Å². The molecule has 2 rings (SSSR count). The summed E-state index contributed by atoms with van der Waals surface area (Å²) in [7, 11) is 1.31. The van der Waals surface area contributed by atoms with Gasteiger partial charge in [0.05, 0.1) is 18.9 Å². The Balaban J connectivity index is 2.00. The minimum atomic E-state index is -0.548. The summed E-state index contributed by atoms with van der Waals surface area (Å²) < 4.78 is 14.6. The van der Waals surface area contributed by atoms with Crippen LogP contribution in [0.2, 0.25) is 0 Å². The van der Waals surface area contributed by atoms with Crippen molar-refractivity contribution in [3.63, 3.8) is 0 Å². The van der Waals surface area contributed by atoms with Crippen molar-refractivity contribution in [3.8, 4) is 0 Å². The van der Waals surface area contributed by atoms with E-state index in [1.165, 1.54) is 19.4 Å². The second-order valence-electron chi connectivity index (χ2n) is 3.75. The molecule has 0 fully saturated rings. The van der Waals surface area contributed by atoms with Crippen LogP contribution in [0.5, 0.6) is 0 Å². The molecule has 1 heterocycles. The smallest absolute Gasteiger partial charge is 0.374 e. The number of carbonyl (C=O) groups is 2. The van der Waals surface area contributed by atoms with Gasteiger partial charge in [-0.25, -0.2) is 9.59 Å². The van der Waals surface area contributed by atoms with Crippen LogP contribution in [0, 0.1) is 0 Å². The molecular formula is C14H12O5. The van der Waals surface area contributed by atoms with E-state index in [-0.39, 0.29) is 12.4 Å². The highest BCUT2D eigenvalue weighted by molar-refractivity contribution is 5.89. The second kappa shape index (κ2) is 5.86. The highest BCUT2D eigenvalue weighted by atomic mass is 16.5. The molecule has 1 aromatic carbocycles. The molecule has 0 atom stereocenters. The molecule has 0 spiro atoms. The van der Waals surface area contributed by atoms with Crippen molar-refractivity contribution >= 4 is 11.9 Å². The molecule has 0 aliphatic heterocycles. The number of furan rings is 1. The summed E-state index contributed by atoms with van der Waals surface area (Å²) in [5, 5.41) is 0. The molecule has 2 aromatic rings. The lowest BCUT2D eigenvalue weighted by Gasteiger charge is -2.05. The number of hydrogen-bond acceptors (Lipinski definition) is 5. The molecular weight excluding hydrogens is 248 g/mol. The van der Waals surface area contributed by atoms with Crippen molar-refractivity contribution in [2.75, 3.05) is 7.11 Å². The number of esters is 2. The zero-order valence-electron chi connectivity index (χ0n) is 10.3. The summed E-state index contributed by atoms with van der Waals surface area (Å²) in [6, 6.07) is 9.82. The maximum atomic E-state index is 11.5. The summed E-state index contributed by atoms with van der Waals surface area (Å²) in [4.78, 5) is 22.9. The van der Waals surface area contributed by atoms with Gasteiger partial charge in [-0.05, 0) is 29.8 Å². The first-order valence-corrected chi connectivity index (χ1v) is 5.58.